The minimum Gasteiger partial charge on any atom is -0.486 e. The summed E-state index contributed by atoms with van der Waals surface area (Å²) in [7, 11) is 0. The Morgan fingerprint density at radius 2 is 1.84 bits per heavy atom. The van der Waals surface area contributed by atoms with E-state index in [4.69, 9.17) is 21.1 Å². The molecule has 6 nitrogen and oxygen atoms in total. The van der Waals surface area contributed by atoms with Crippen LogP contribution in [-0.2, 0) is 11.2 Å². The highest BCUT2D eigenvalue weighted by atomic mass is 35.5. The number of fused-ring (bicyclic) bond motifs is 1. The van der Waals surface area contributed by atoms with Crippen molar-refractivity contribution in [2.24, 2.45) is 5.92 Å². The first kappa shape index (κ1) is 22.3. The van der Waals surface area contributed by atoms with Gasteiger partial charge in [-0.05, 0) is 49.1 Å². The minimum absolute atomic E-state index is 0.0753. The van der Waals surface area contributed by atoms with Gasteiger partial charge in [0.1, 0.15) is 24.8 Å². The summed E-state index contributed by atoms with van der Waals surface area (Å²) < 4.78 is 38.0. The fourth-order valence-electron chi connectivity index (χ4n) is 3.96. The Morgan fingerprint density at radius 1 is 1.09 bits per heavy atom. The Morgan fingerprint density at radius 3 is 2.59 bits per heavy atom. The number of likely N-dealkylation sites (tertiary alicyclic amines) is 1. The Balaban J connectivity index is 1.25. The summed E-state index contributed by atoms with van der Waals surface area (Å²) >= 11 is 6.24. The molecule has 0 saturated carbocycles. The number of ether oxygens (including phenoxy) is 2. The third kappa shape index (κ3) is 4.96. The zero-order valence-corrected chi connectivity index (χ0v) is 18.1. The lowest BCUT2D eigenvalue weighted by molar-refractivity contribution is -0.126. The number of rotatable bonds is 5. The third-order valence-electron chi connectivity index (χ3n) is 5.68. The van der Waals surface area contributed by atoms with Crippen molar-refractivity contribution in [1.82, 2.24) is 10.2 Å². The van der Waals surface area contributed by atoms with Gasteiger partial charge in [0, 0.05) is 31.6 Å². The second-order valence-corrected chi connectivity index (χ2v) is 8.24. The van der Waals surface area contributed by atoms with Gasteiger partial charge in [-0.25, -0.2) is 8.78 Å². The SMILES string of the molecule is O=C(NCCc1cc(Cl)c2c(c1)OCCO2)C1CCN(C(=O)c2ccc(F)cc2F)CC1. The predicted octanol–water partition coefficient (Wildman–Crippen LogP) is 3.60. The molecule has 0 unspecified atom stereocenters. The normalized spacial score (nSPS) is 16.0. The van der Waals surface area contributed by atoms with Crippen molar-refractivity contribution in [2.75, 3.05) is 32.8 Å². The number of nitrogens with zero attached hydrogens (tertiary/aromatic N) is 1. The van der Waals surface area contributed by atoms with Gasteiger partial charge in [-0.1, -0.05) is 11.6 Å². The van der Waals surface area contributed by atoms with Gasteiger partial charge in [0.25, 0.3) is 5.91 Å². The zero-order chi connectivity index (χ0) is 22.7. The van der Waals surface area contributed by atoms with Crippen molar-refractivity contribution >= 4 is 23.4 Å². The Bertz CT molecular complexity index is 1030. The molecule has 2 aromatic rings. The number of piperidine rings is 1. The van der Waals surface area contributed by atoms with Gasteiger partial charge in [-0.15, -0.1) is 0 Å². The average Bonchev–Trinajstić information content (AvgIpc) is 2.79. The first-order valence-corrected chi connectivity index (χ1v) is 10.9. The van der Waals surface area contributed by atoms with Crippen LogP contribution in [0.3, 0.4) is 0 Å². The molecule has 0 aliphatic carbocycles. The Labute approximate surface area is 189 Å². The van der Waals surface area contributed by atoms with E-state index in [0.29, 0.717) is 74.7 Å². The fourth-order valence-corrected chi connectivity index (χ4v) is 4.25. The molecule has 170 valence electrons. The standard InChI is InChI=1S/C23H23ClF2N2O4/c24-18-11-14(12-20-21(18)32-10-9-31-20)3-6-27-22(29)15-4-7-28(8-5-15)23(30)17-2-1-16(25)13-19(17)26/h1-2,11-13,15H,3-10H2,(H,27,29). The van der Waals surface area contributed by atoms with E-state index in [1.807, 2.05) is 6.07 Å². The smallest absolute Gasteiger partial charge is 0.256 e. The van der Waals surface area contributed by atoms with Gasteiger partial charge in [0.15, 0.2) is 11.5 Å². The molecule has 32 heavy (non-hydrogen) atoms. The first-order chi connectivity index (χ1) is 15.4. The predicted molar refractivity (Wildman–Crippen MR) is 114 cm³/mol. The van der Waals surface area contributed by atoms with Crippen LogP contribution in [-0.4, -0.2) is 49.6 Å². The number of hydrogen-bond acceptors (Lipinski definition) is 4. The van der Waals surface area contributed by atoms with Crippen molar-refractivity contribution in [3.8, 4) is 11.5 Å². The number of carbonyl (C=O) groups is 2. The molecule has 2 aliphatic rings. The fraction of sp³-hybridized carbons (Fsp3) is 0.391. The summed E-state index contributed by atoms with van der Waals surface area (Å²) in [6, 6.07) is 6.58. The van der Waals surface area contributed by atoms with Crippen LogP contribution >= 0.6 is 11.6 Å². The van der Waals surface area contributed by atoms with Crippen LogP contribution in [0.25, 0.3) is 0 Å². The van der Waals surface area contributed by atoms with Crippen molar-refractivity contribution < 1.29 is 27.8 Å². The molecule has 0 radical (unpaired) electrons. The lowest BCUT2D eigenvalue weighted by Gasteiger charge is -2.31. The Hall–Kier alpha value is -2.87. The molecule has 0 bridgehead atoms. The van der Waals surface area contributed by atoms with Crippen LogP contribution in [0, 0.1) is 17.6 Å². The highest BCUT2D eigenvalue weighted by molar-refractivity contribution is 6.32. The summed E-state index contributed by atoms with van der Waals surface area (Å²) in [6.45, 7) is 2.05. The molecule has 9 heteroatoms. The van der Waals surface area contributed by atoms with Crippen molar-refractivity contribution in [1.29, 1.82) is 0 Å². The van der Waals surface area contributed by atoms with E-state index in [1.165, 1.54) is 4.90 Å². The van der Waals surface area contributed by atoms with E-state index in [-0.39, 0.29) is 17.4 Å². The van der Waals surface area contributed by atoms with Crippen LogP contribution in [0.15, 0.2) is 30.3 Å². The maximum Gasteiger partial charge on any atom is 0.256 e. The van der Waals surface area contributed by atoms with Gasteiger partial charge >= 0.3 is 0 Å². The second-order valence-electron chi connectivity index (χ2n) is 7.83. The number of benzene rings is 2. The Kier molecular flexibility index (Phi) is 6.79. The van der Waals surface area contributed by atoms with Gasteiger partial charge < -0.3 is 19.7 Å². The maximum absolute atomic E-state index is 13.9. The van der Waals surface area contributed by atoms with Crippen molar-refractivity contribution in [2.45, 2.75) is 19.3 Å². The first-order valence-electron chi connectivity index (χ1n) is 10.5. The topological polar surface area (TPSA) is 67.9 Å². The molecule has 2 aliphatic heterocycles. The highest BCUT2D eigenvalue weighted by Gasteiger charge is 2.29. The molecule has 4 rings (SSSR count). The molecular weight excluding hydrogens is 442 g/mol. The molecule has 2 amide bonds. The zero-order valence-electron chi connectivity index (χ0n) is 17.3. The summed E-state index contributed by atoms with van der Waals surface area (Å²) in [5.41, 5.74) is 0.772. The average molecular weight is 465 g/mol. The summed E-state index contributed by atoms with van der Waals surface area (Å²) in [4.78, 5) is 26.5. The van der Waals surface area contributed by atoms with Crippen molar-refractivity contribution in [3.05, 3.63) is 58.1 Å². The minimum atomic E-state index is -0.880. The van der Waals surface area contributed by atoms with Crippen LogP contribution in [0.4, 0.5) is 8.78 Å². The molecule has 1 fully saturated rings. The molecule has 0 spiro atoms. The molecular formula is C23H23ClF2N2O4. The van der Waals surface area contributed by atoms with E-state index in [0.717, 1.165) is 17.7 Å². The third-order valence-corrected chi connectivity index (χ3v) is 5.96. The lowest BCUT2D eigenvalue weighted by Crippen LogP contribution is -2.43. The number of hydrogen-bond donors (Lipinski definition) is 1. The van der Waals surface area contributed by atoms with E-state index in [2.05, 4.69) is 5.32 Å². The number of halogens is 3. The van der Waals surface area contributed by atoms with Crippen LogP contribution in [0.1, 0.15) is 28.8 Å². The quantitative estimate of drug-likeness (QED) is 0.734. The molecule has 2 aromatic carbocycles. The number of carbonyl (C=O) groups excluding carboxylic acids is 2. The van der Waals surface area contributed by atoms with Gasteiger partial charge in [0.05, 0.1) is 10.6 Å². The van der Waals surface area contributed by atoms with Gasteiger partial charge in [-0.3, -0.25) is 9.59 Å². The number of amides is 2. The van der Waals surface area contributed by atoms with Gasteiger partial charge in [0.2, 0.25) is 5.91 Å². The van der Waals surface area contributed by atoms with Crippen LogP contribution < -0.4 is 14.8 Å². The molecule has 1 N–H and O–H groups in total. The van der Waals surface area contributed by atoms with Gasteiger partial charge in [-0.2, -0.15) is 0 Å². The van der Waals surface area contributed by atoms with Crippen molar-refractivity contribution in [3.63, 3.8) is 0 Å². The lowest BCUT2D eigenvalue weighted by atomic mass is 9.95. The summed E-state index contributed by atoms with van der Waals surface area (Å²) in [6.07, 6.45) is 1.55. The van der Waals surface area contributed by atoms with E-state index < -0.39 is 17.5 Å². The van der Waals surface area contributed by atoms with E-state index in [1.54, 1.807) is 6.07 Å². The molecule has 0 aromatic heterocycles. The summed E-state index contributed by atoms with van der Waals surface area (Å²) in [5.74, 6) is -1.24. The largest absolute Gasteiger partial charge is 0.486 e. The molecule has 2 heterocycles. The molecule has 0 atom stereocenters. The van der Waals surface area contributed by atoms with E-state index in [9.17, 15) is 18.4 Å². The second kappa shape index (κ2) is 9.73. The maximum atomic E-state index is 13.9. The number of nitrogens with one attached hydrogen (secondary N) is 1. The highest BCUT2D eigenvalue weighted by Crippen LogP contribution is 2.38. The van der Waals surface area contributed by atoms with E-state index >= 15 is 0 Å². The molecule has 1 saturated heterocycles. The van der Waals surface area contributed by atoms with Crippen LogP contribution in [0.5, 0.6) is 11.5 Å². The van der Waals surface area contributed by atoms with Crippen LogP contribution in [0.2, 0.25) is 5.02 Å². The monoisotopic (exact) mass is 464 g/mol. The summed E-state index contributed by atoms with van der Waals surface area (Å²) in [5, 5.41) is 3.42.